The third-order valence-electron chi connectivity index (χ3n) is 4.07. The molecule has 0 radical (unpaired) electrons. The second kappa shape index (κ2) is 7.29. The van der Waals surface area contributed by atoms with Crippen LogP contribution in [-0.4, -0.2) is 36.7 Å². The van der Waals surface area contributed by atoms with Gasteiger partial charge in [-0.05, 0) is 43.2 Å². The van der Waals surface area contributed by atoms with E-state index in [-0.39, 0.29) is 12.5 Å². The van der Waals surface area contributed by atoms with E-state index in [1.54, 1.807) is 19.1 Å². The summed E-state index contributed by atoms with van der Waals surface area (Å²) in [6, 6.07) is 12.7. The van der Waals surface area contributed by atoms with Gasteiger partial charge in [-0.2, -0.15) is 0 Å². The largest absolute Gasteiger partial charge is 0.497 e. The van der Waals surface area contributed by atoms with Gasteiger partial charge in [0.05, 0.1) is 19.8 Å². The zero-order valence-electron chi connectivity index (χ0n) is 14.0. The lowest BCUT2D eigenvalue weighted by molar-refractivity contribution is 0.0658. The number of carbonyl (C=O) groups is 1. The molecule has 0 aliphatic carbocycles. The summed E-state index contributed by atoms with van der Waals surface area (Å²) in [5.41, 5.74) is 3.59. The van der Waals surface area contributed by atoms with Crippen LogP contribution in [0.4, 0.5) is 0 Å². The predicted octanol–water partition coefficient (Wildman–Crippen LogP) is 3.12. The Kier molecular flexibility index (Phi) is 5.40. The number of methoxy groups -OCH3 is 1. The van der Waals surface area contributed by atoms with Crippen LogP contribution < -0.4 is 4.74 Å². The average Bonchev–Trinajstić information content (AvgIpc) is 2.55. The van der Waals surface area contributed by atoms with Gasteiger partial charge in [0.25, 0.3) is 5.91 Å². The first-order chi connectivity index (χ1) is 11.0. The van der Waals surface area contributed by atoms with Gasteiger partial charge >= 0.3 is 0 Å². The van der Waals surface area contributed by atoms with E-state index >= 15 is 0 Å². The first kappa shape index (κ1) is 17.0. The van der Waals surface area contributed by atoms with E-state index in [9.17, 15) is 9.90 Å². The van der Waals surface area contributed by atoms with Crippen LogP contribution in [0.2, 0.25) is 0 Å². The molecule has 0 spiro atoms. The Morgan fingerprint density at radius 1 is 1.17 bits per heavy atom. The highest BCUT2D eigenvalue weighted by Crippen LogP contribution is 2.24. The molecule has 2 aromatic carbocycles. The smallest absolute Gasteiger partial charge is 0.254 e. The van der Waals surface area contributed by atoms with Crippen molar-refractivity contribution in [3.63, 3.8) is 0 Å². The number of benzene rings is 2. The van der Waals surface area contributed by atoms with Gasteiger partial charge in [0.15, 0.2) is 0 Å². The second-order valence-corrected chi connectivity index (χ2v) is 5.71. The summed E-state index contributed by atoms with van der Waals surface area (Å²) in [5.74, 6) is 0.645. The summed E-state index contributed by atoms with van der Waals surface area (Å²) in [4.78, 5) is 14.3. The van der Waals surface area contributed by atoms with Crippen molar-refractivity contribution < 1.29 is 14.6 Å². The molecule has 4 heteroatoms. The van der Waals surface area contributed by atoms with Crippen LogP contribution in [0.1, 0.15) is 33.1 Å². The lowest BCUT2D eigenvalue weighted by Crippen LogP contribution is -2.33. The predicted molar refractivity (Wildman–Crippen MR) is 90.8 cm³/mol. The lowest BCUT2D eigenvalue weighted by atomic mass is 10.0. The molecule has 0 saturated heterocycles. The zero-order chi connectivity index (χ0) is 17.0. The minimum atomic E-state index is -0.394. The number of carbonyl (C=O) groups excluding carboxylic acids is 1. The van der Waals surface area contributed by atoms with Crippen molar-refractivity contribution >= 4 is 5.91 Å². The number of hydrogen-bond donors (Lipinski definition) is 1. The van der Waals surface area contributed by atoms with Gasteiger partial charge in [-0.15, -0.1) is 0 Å². The molecule has 0 saturated carbocycles. The van der Waals surface area contributed by atoms with Crippen LogP contribution in [0.15, 0.2) is 42.5 Å². The lowest BCUT2D eigenvalue weighted by Gasteiger charge is -2.28. The van der Waals surface area contributed by atoms with Gasteiger partial charge in [0, 0.05) is 12.6 Å². The van der Waals surface area contributed by atoms with Crippen LogP contribution in [0, 0.1) is 13.8 Å². The first-order valence-electron chi connectivity index (χ1n) is 7.57. The van der Waals surface area contributed by atoms with Crippen molar-refractivity contribution in [2.75, 3.05) is 20.8 Å². The monoisotopic (exact) mass is 313 g/mol. The molecule has 0 heterocycles. The number of aryl methyl sites for hydroxylation is 2. The van der Waals surface area contributed by atoms with E-state index in [0.717, 1.165) is 22.4 Å². The van der Waals surface area contributed by atoms with Crippen LogP contribution in [0.25, 0.3) is 0 Å². The van der Waals surface area contributed by atoms with E-state index in [1.807, 2.05) is 56.3 Å². The molecule has 2 rings (SSSR count). The van der Waals surface area contributed by atoms with Gasteiger partial charge in [-0.25, -0.2) is 0 Å². The van der Waals surface area contributed by atoms with Crippen LogP contribution in [0.5, 0.6) is 5.75 Å². The Labute approximate surface area is 137 Å². The van der Waals surface area contributed by atoms with E-state index in [0.29, 0.717) is 5.56 Å². The number of aliphatic hydroxyl groups excluding tert-OH is 1. The number of aliphatic hydroxyl groups is 1. The SMILES string of the molecule is COc1ccc(C(CO)N(C)C(=O)c2ccc(C)cc2C)cc1. The van der Waals surface area contributed by atoms with Crippen LogP contribution >= 0.6 is 0 Å². The van der Waals surface area contributed by atoms with E-state index in [1.165, 1.54) is 0 Å². The number of likely N-dealkylation sites (N-methyl/N-ethyl adjacent to an activating group) is 1. The quantitative estimate of drug-likeness (QED) is 0.922. The molecule has 122 valence electrons. The summed E-state index contributed by atoms with van der Waals surface area (Å²) in [6.07, 6.45) is 0. The number of nitrogens with zero attached hydrogens (tertiary/aromatic N) is 1. The highest BCUT2D eigenvalue weighted by Gasteiger charge is 2.23. The molecule has 1 amide bonds. The Balaban J connectivity index is 2.27. The standard InChI is InChI=1S/C19H23NO3/c1-13-5-10-17(14(2)11-13)19(22)20(3)18(12-21)15-6-8-16(23-4)9-7-15/h5-11,18,21H,12H2,1-4H3. The molecule has 0 fully saturated rings. The summed E-state index contributed by atoms with van der Waals surface area (Å²) in [7, 11) is 3.32. The Hall–Kier alpha value is -2.33. The maximum Gasteiger partial charge on any atom is 0.254 e. The van der Waals surface area contributed by atoms with E-state index < -0.39 is 6.04 Å². The third-order valence-corrected chi connectivity index (χ3v) is 4.07. The molecule has 1 atom stereocenters. The Morgan fingerprint density at radius 3 is 2.35 bits per heavy atom. The fourth-order valence-corrected chi connectivity index (χ4v) is 2.66. The van der Waals surface area contributed by atoms with Crippen LogP contribution in [0.3, 0.4) is 0 Å². The maximum absolute atomic E-state index is 12.8. The Morgan fingerprint density at radius 2 is 1.83 bits per heavy atom. The highest BCUT2D eigenvalue weighted by molar-refractivity contribution is 5.95. The van der Waals surface area contributed by atoms with Crippen molar-refractivity contribution in [3.05, 3.63) is 64.7 Å². The zero-order valence-corrected chi connectivity index (χ0v) is 14.0. The van der Waals surface area contributed by atoms with E-state index in [4.69, 9.17) is 4.74 Å². The third kappa shape index (κ3) is 3.71. The summed E-state index contributed by atoms with van der Waals surface area (Å²) in [5, 5.41) is 9.76. The fraction of sp³-hybridized carbons (Fsp3) is 0.316. The number of ether oxygens (including phenoxy) is 1. The molecular weight excluding hydrogens is 290 g/mol. The summed E-state index contributed by atoms with van der Waals surface area (Å²) >= 11 is 0. The molecule has 4 nitrogen and oxygen atoms in total. The van der Waals surface area contributed by atoms with Gasteiger partial charge < -0.3 is 14.7 Å². The highest BCUT2D eigenvalue weighted by atomic mass is 16.5. The average molecular weight is 313 g/mol. The normalized spacial score (nSPS) is 11.9. The topological polar surface area (TPSA) is 49.8 Å². The minimum Gasteiger partial charge on any atom is -0.497 e. The van der Waals surface area contributed by atoms with Gasteiger partial charge in [0.1, 0.15) is 5.75 Å². The van der Waals surface area contributed by atoms with Crippen molar-refractivity contribution in [1.82, 2.24) is 4.90 Å². The summed E-state index contributed by atoms with van der Waals surface area (Å²) < 4.78 is 5.14. The van der Waals surface area contributed by atoms with Gasteiger partial charge in [-0.3, -0.25) is 4.79 Å². The number of hydrogen-bond acceptors (Lipinski definition) is 3. The minimum absolute atomic E-state index is 0.0997. The van der Waals surface area contributed by atoms with Crippen molar-refractivity contribution in [2.45, 2.75) is 19.9 Å². The maximum atomic E-state index is 12.8. The Bertz CT molecular complexity index is 680. The van der Waals surface area contributed by atoms with Crippen LogP contribution in [-0.2, 0) is 0 Å². The molecule has 1 unspecified atom stereocenters. The molecule has 0 aromatic heterocycles. The molecule has 23 heavy (non-hydrogen) atoms. The second-order valence-electron chi connectivity index (χ2n) is 5.71. The van der Waals surface area contributed by atoms with E-state index in [2.05, 4.69) is 0 Å². The molecule has 0 aliphatic rings. The summed E-state index contributed by atoms with van der Waals surface area (Å²) in [6.45, 7) is 3.79. The molecule has 2 aromatic rings. The van der Waals surface area contributed by atoms with Crippen molar-refractivity contribution in [3.8, 4) is 5.75 Å². The molecule has 0 bridgehead atoms. The molecule has 0 aliphatic heterocycles. The van der Waals surface area contributed by atoms with Crippen molar-refractivity contribution in [1.29, 1.82) is 0 Å². The first-order valence-corrected chi connectivity index (χ1v) is 7.57. The van der Waals surface area contributed by atoms with Gasteiger partial charge in [-0.1, -0.05) is 29.8 Å². The molecule has 1 N–H and O–H groups in total. The van der Waals surface area contributed by atoms with Gasteiger partial charge in [0.2, 0.25) is 0 Å². The number of rotatable bonds is 5. The fourth-order valence-electron chi connectivity index (χ4n) is 2.66. The van der Waals surface area contributed by atoms with Crippen molar-refractivity contribution in [2.24, 2.45) is 0 Å². The molecular formula is C19H23NO3. The number of amides is 1.